The minimum atomic E-state index is -0.0666. The summed E-state index contributed by atoms with van der Waals surface area (Å²) in [6, 6.07) is 10.7. The number of rotatable bonds is 3. The summed E-state index contributed by atoms with van der Waals surface area (Å²) in [7, 11) is 0. The van der Waals surface area contributed by atoms with Gasteiger partial charge in [0.1, 0.15) is 0 Å². The summed E-state index contributed by atoms with van der Waals surface area (Å²) in [6.07, 6.45) is 6.70. The molecule has 3 nitrogen and oxygen atoms in total. The quantitative estimate of drug-likeness (QED) is 0.895. The van der Waals surface area contributed by atoms with Crippen molar-refractivity contribution in [2.75, 3.05) is 0 Å². The van der Waals surface area contributed by atoms with Gasteiger partial charge in [0.25, 0.3) is 0 Å². The second-order valence-corrected chi connectivity index (χ2v) is 5.65. The summed E-state index contributed by atoms with van der Waals surface area (Å²) in [4.78, 5) is 0. The monoisotopic (exact) mass is 239 g/mol. The molecule has 4 rings (SSSR count). The van der Waals surface area contributed by atoms with E-state index in [1.807, 2.05) is 6.20 Å². The first kappa shape index (κ1) is 10.3. The van der Waals surface area contributed by atoms with E-state index in [0.717, 1.165) is 18.5 Å². The number of benzene rings is 1. The van der Waals surface area contributed by atoms with Gasteiger partial charge in [-0.15, -0.1) is 0 Å². The van der Waals surface area contributed by atoms with Gasteiger partial charge in [-0.1, -0.05) is 12.1 Å². The number of hydrogen-bond donors (Lipinski definition) is 1. The van der Waals surface area contributed by atoms with E-state index in [1.54, 1.807) is 0 Å². The van der Waals surface area contributed by atoms with Gasteiger partial charge in [-0.05, 0) is 49.4 Å². The van der Waals surface area contributed by atoms with Crippen LogP contribution in [0.5, 0.6) is 0 Å². The molecule has 2 N–H and O–H groups in total. The molecule has 0 spiro atoms. The summed E-state index contributed by atoms with van der Waals surface area (Å²) in [6.45, 7) is 0. The molecular weight excluding hydrogens is 222 g/mol. The molecular formula is C15H17N3. The molecule has 1 aromatic heterocycles. The molecule has 2 aromatic rings. The van der Waals surface area contributed by atoms with Crippen molar-refractivity contribution in [3.8, 4) is 5.69 Å². The van der Waals surface area contributed by atoms with Crippen molar-refractivity contribution < 1.29 is 0 Å². The molecule has 0 amide bonds. The van der Waals surface area contributed by atoms with Gasteiger partial charge in [0.05, 0.1) is 5.69 Å². The molecule has 92 valence electrons. The lowest BCUT2D eigenvalue weighted by atomic mass is 10.1. The van der Waals surface area contributed by atoms with Crippen LogP contribution >= 0.6 is 0 Å². The number of nitrogens with two attached hydrogens (primary N) is 1. The van der Waals surface area contributed by atoms with Gasteiger partial charge in [-0.3, -0.25) is 0 Å². The highest BCUT2D eigenvalue weighted by molar-refractivity contribution is 5.42. The molecule has 1 aromatic carbocycles. The number of nitrogens with zero attached hydrogens (tertiary/aromatic N) is 2. The molecule has 1 heterocycles. The second-order valence-electron chi connectivity index (χ2n) is 5.65. The molecule has 18 heavy (non-hydrogen) atoms. The average Bonchev–Trinajstić information content (AvgIpc) is 3.32. The molecule has 2 saturated carbocycles. The van der Waals surface area contributed by atoms with Crippen LogP contribution in [0.4, 0.5) is 0 Å². The predicted octanol–water partition coefficient (Wildman–Crippen LogP) is 2.70. The van der Waals surface area contributed by atoms with E-state index in [0.29, 0.717) is 5.92 Å². The molecule has 0 aliphatic heterocycles. The third-order valence-corrected chi connectivity index (χ3v) is 4.12. The van der Waals surface area contributed by atoms with Crippen molar-refractivity contribution in [3.63, 3.8) is 0 Å². The van der Waals surface area contributed by atoms with Crippen LogP contribution in [0.1, 0.15) is 42.9 Å². The third kappa shape index (κ3) is 1.58. The largest absolute Gasteiger partial charge is 0.321 e. The van der Waals surface area contributed by atoms with Gasteiger partial charge in [0.2, 0.25) is 0 Å². The molecule has 2 fully saturated rings. The van der Waals surface area contributed by atoms with Crippen LogP contribution in [0.25, 0.3) is 5.69 Å². The smallest absolute Gasteiger partial charge is 0.0652 e. The normalized spacial score (nSPS) is 20.9. The van der Waals surface area contributed by atoms with E-state index < -0.39 is 0 Å². The lowest BCUT2D eigenvalue weighted by Gasteiger charge is -2.12. The first-order valence-electron chi connectivity index (χ1n) is 6.70. The van der Waals surface area contributed by atoms with Crippen molar-refractivity contribution in [2.45, 2.75) is 37.1 Å². The van der Waals surface area contributed by atoms with E-state index in [-0.39, 0.29) is 5.54 Å². The van der Waals surface area contributed by atoms with Gasteiger partial charge in [0.15, 0.2) is 0 Å². The second kappa shape index (κ2) is 3.45. The SMILES string of the molecule is NC1(c2cccc(-n3nccc3C3CC3)c2)CC1. The zero-order chi connectivity index (χ0) is 12.2. The summed E-state index contributed by atoms with van der Waals surface area (Å²) < 4.78 is 2.08. The fourth-order valence-electron chi connectivity index (χ4n) is 2.59. The van der Waals surface area contributed by atoms with E-state index in [2.05, 4.69) is 40.1 Å². The first-order valence-corrected chi connectivity index (χ1v) is 6.70. The minimum Gasteiger partial charge on any atom is -0.321 e. The fraction of sp³-hybridized carbons (Fsp3) is 0.400. The van der Waals surface area contributed by atoms with Crippen molar-refractivity contribution in [3.05, 3.63) is 47.8 Å². The van der Waals surface area contributed by atoms with Gasteiger partial charge in [0, 0.05) is 23.3 Å². The van der Waals surface area contributed by atoms with Crippen molar-refractivity contribution in [1.82, 2.24) is 9.78 Å². The maximum Gasteiger partial charge on any atom is 0.0652 e. The Morgan fingerprint density at radius 3 is 2.78 bits per heavy atom. The highest BCUT2D eigenvalue weighted by Gasteiger charge is 2.40. The van der Waals surface area contributed by atoms with Gasteiger partial charge < -0.3 is 5.73 Å². The Morgan fingerprint density at radius 2 is 2.06 bits per heavy atom. The average molecular weight is 239 g/mol. The molecule has 0 radical (unpaired) electrons. The zero-order valence-electron chi connectivity index (χ0n) is 10.3. The topological polar surface area (TPSA) is 43.8 Å². The van der Waals surface area contributed by atoms with E-state index in [9.17, 15) is 0 Å². The molecule has 0 saturated heterocycles. The van der Waals surface area contributed by atoms with Crippen LogP contribution < -0.4 is 5.73 Å². The van der Waals surface area contributed by atoms with Crippen molar-refractivity contribution in [2.24, 2.45) is 5.73 Å². The molecule has 2 aliphatic rings. The number of hydrogen-bond acceptors (Lipinski definition) is 2. The molecule has 0 bridgehead atoms. The molecule has 0 unspecified atom stereocenters. The van der Waals surface area contributed by atoms with E-state index in [4.69, 9.17) is 5.73 Å². The Kier molecular flexibility index (Phi) is 1.98. The Bertz CT molecular complexity index is 591. The van der Waals surface area contributed by atoms with Gasteiger partial charge in [-0.25, -0.2) is 4.68 Å². The van der Waals surface area contributed by atoms with Crippen LogP contribution in [0.3, 0.4) is 0 Å². The Morgan fingerprint density at radius 1 is 1.22 bits per heavy atom. The Labute approximate surface area is 107 Å². The van der Waals surface area contributed by atoms with Crippen LogP contribution in [0.15, 0.2) is 36.5 Å². The maximum absolute atomic E-state index is 6.27. The lowest BCUT2D eigenvalue weighted by molar-refractivity contribution is 0.733. The highest BCUT2D eigenvalue weighted by atomic mass is 15.3. The summed E-state index contributed by atoms with van der Waals surface area (Å²) in [5.74, 6) is 0.712. The van der Waals surface area contributed by atoms with Crippen LogP contribution in [0.2, 0.25) is 0 Å². The Balaban J connectivity index is 1.77. The van der Waals surface area contributed by atoms with Gasteiger partial charge >= 0.3 is 0 Å². The van der Waals surface area contributed by atoms with Crippen LogP contribution in [0, 0.1) is 0 Å². The highest BCUT2D eigenvalue weighted by Crippen LogP contribution is 2.44. The Hall–Kier alpha value is -1.61. The summed E-state index contributed by atoms with van der Waals surface area (Å²) >= 11 is 0. The maximum atomic E-state index is 6.27. The third-order valence-electron chi connectivity index (χ3n) is 4.12. The lowest BCUT2D eigenvalue weighted by Crippen LogP contribution is -2.19. The first-order chi connectivity index (χ1) is 8.76. The molecule has 2 aliphatic carbocycles. The van der Waals surface area contributed by atoms with Crippen LogP contribution in [-0.4, -0.2) is 9.78 Å². The molecule has 0 atom stereocenters. The van der Waals surface area contributed by atoms with E-state index >= 15 is 0 Å². The van der Waals surface area contributed by atoms with Crippen molar-refractivity contribution >= 4 is 0 Å². The van der Waals surface area contributed by atoms with Crippen LogP contribution in [-0.2, 0) is 5.54 Å². The van der Waals surface area contributed by atoms with Crippen molar-refractivity contribution in [1.29, 1.82) is 0 Å². The van der Waals surface area contributed by atoms with Gasteiger partial charge in [-0.2, -0.15) is 5.10 Å². The summed E-state index contributed by atoms with van der Waals surface area (Å²) in [5, 5.41) is 4.47. The standard InChI is InChI=1S/C15H17N3/c16-15(7-8-15)12-2-1-3-13(10-12)18-14(6-9-17-18)11-4-5-11/h1-3,6,9-11H,4-5,7-8,16H2. The minimum absolute atomic E-state index is 0.0666. The fourth-order valence-corrected chi connectivity index (χ4v) is 2.59. The zero-order valence-corrected chi connectivity index (χ0v) is 10.3. The predicted molar refractivity (Wildman–Crippen MR) is 70.6 cm³/mol. The number of aromatic nitrogens is 2. The summed E-state index contributed by atoms with van der Waals surface area (Å²) in [5.41, 5.74) is 9.94. The molecule has 3 heteroatoms. The van der Waals surface area contributed by atoms with E-state index in [1.165, 1.54) is 24.1 Å².